The van der Waals surface area contributed by atoms with Crippen LogP contribution in [0.25, 0.3) is 16.9 Å². The number of nitrogens with zero attached hydrogens (tertiary/aromatic N) is 5. The Hall–Kier alpha value is -3.36. The van der Waals surface area contributed by atoms with Crippen molar-refractivity contribution in [3.8, 4) is 5.82 Å². The Morgan fingerprint density at radius 1 is 1.16 bits per heavy atom. The van der Waals surface area contributed by atoms with Gasteiger partial charge in [0.1, 0.15) is 11.4 Å². The standard InChI is InChI=1S/C30H33FN6O/c1-3-30(38)11-9-19-7-8-26(34-27(19)30)37-17-25(31)24-15-32-29(35-28(24)37)33-21-13-20-16-36(2)12-10-22(20)23(14-21)18-5-4-6-18/h7-8,13-15,17-18,38H,3-6,9-12,16H2,1-2H3,(H,32,33,35)/t30-/m0/s1. The molecule has 1 aromatic carbocycles. The van der Waals surface area contributed by atoms with E-state index in [1.54, 1.807) is 4.57 Å². The van der Waals surface area contributed by atoms with E-state index in [2.05, 4.69) is 34.4 Å². The lowest BCUT2D eigenvalue weighted by molar-refractivity contribution is 0.0306. The predicted molar refractivity (Wildman–Crippen MR) is 145 cm³/mol. The summed E-state index contributed by atoms with van der Waals surface area (Å²) < 4.78 is 16.6. The Balaban J connectivity index is 1.27. The molecule has 8 heteroatoms. The van der Waals surface area contributed by atoms with Crippen molar-refractivity contribution in [2.75, 3.05) is 18.9 Å². The third-order valence-corrected chi connectivity index (χ3v) is 8.90. The molecule has 2 aliphatic carbocycles. The molecule has 7 rings (SSSR count). The summed E-state index contributed by atoms with van der Waals surface area (Å²) >= 11 is 0. The van der Waals surface area contributed by atoms with Gasteiger partial charge in [-0.2, -0.15) is 4.98 Å². The molecule has 38 heavy (non-hydrogen) atoms. The summed E-state index contributed by atoms with van der Waals surface area (Å²) in [5, 5.41) is 14.8. The van der Waals surface area contributed by atoms with Crippen LogP contribution in [0.1, 0.15) is 72.9 Å². The third-order valence-electron chi connectivity index (χ3n) is 8.90. The molecule has 7 nitrogen and oxygen atoms in total. The fraction of sp³-hybridized carbons (Fsp3) is 0.433. The first-order chi connectivity index (χ1) is 18.4. The van der Waals surface area contributed by atoms with E-state index in [1.807, 2.05) is 19.1 Å². The van der Waals surface area contributed by atoms with Gasteiger partial charge in [-0.05, 0) is 91.9 Å². The second kappa shape index (κ2) is 8.85. The summed E-state index contributed by atoms with van der Waals surface area (Å²) in [7, 11) is 2.17. The maximum Gasteiger partial charge on any atom is 0.229 e. The second-order valence-electron chi connectivity index (χ2n) is 11.3. The second-order valence-corrected chi connectivity index (χ2v) is 11.3. The van der Waals surface area contributed by atoms with E-state index in [-0.39, 0.29) is 0 Å². The van der Waals surface area contributed by atoms with E-state index < -0.39 is 11.4 Å². The number of likely N-dealkylation sites (N-methyl/N-ethyl adjacent to an activating group) is 1. The number of aryl methyl sites for hydroxylation is 1. The number of pyridine rings is 1. The highest BCUT2D eigenvalue weighted by Gasteiger charge is 2.37. The van der Waals surface area contributed by atoms with Gasteiger partial charge in [-0.3, -0.25) is 4.57 Å². The highest BCUT2D eigenvalue weighted by Crippen LogP contribution is 2.42. The Labute approximate surface area is 221 Å². The summed E-state index contributed by atoms with van der Waals surface area (Å²) in [4.78, 5) is 16.3. The normalized spacial score (nSPS) is 21.4. The van der Waals surface area contributed by atoms with Gasteiger partial charge >= 0.3 is 0 Å². The van der Waals surface area contributed by atoms with Gasteiger partial charge in [-0.25, -0.2) is 14.4 Å². The van der Waals surface area contributed by atoms with Crippen molar-refractivity contribution in [3.63, 3.8) is 0 Å². The predicted octanol–water partition coefficient (Wildman–Crippen LogP) is 5.50. The molecular formula is C30H33FN6O. The molecule has 0 bridgehead atoms. The maximum atomic E-state index is 15.0. The summed E-state index contributed by atoms with van der Waals surface area (Å²) in [6.45, 7) is 4.00. The van der Waals surface area contributed by atoms with E-state index in [0.717, 1.165) is 37.2 Å². The summed E-state index contributed by atoms with van der Waals surface area (Å²) in [6.07, 6.45) is 9.87. The molecule has 4 heterocycles. The Morgan fingerprint density at radius 2 is 2.03 bits per heavy atom. The quantitative estimate of drug-likeness (QED) is 0.368. The summed E-state index contributed by atoms with van der Waals surface area (Å²) in [5.41, 5.74) is 6.57. The van der Waals surface area contributed by atoms with Gasteiger partial charge in [0.25, 0.3) is 0 Å². The average Bonchev–Trinajstić information content (AvgIpc) is 3.39. The molecule has 0 radical (unpaired) electrons. The first kappa shape index (κ1) is 23.7. The molecule has 1 atom stereocenters. The number of aliphatic hydroxyl groups is 1. The van der Waals surface area contributed by atoms with Crippen LogP contribution in [0.3, 0.4) is 0 Å². The number of rotatable bonds is 5. The van der Waals surface area contributed by atoms with Crippen LogP contribution >= 0.6 is 0 Å². The molecule has 0 saturated heterocycles. The van der Waals surface area contributed by atoms with Crippen molar-refractivity contribution in [1.29, 1.82) is 0 Å². The fourth-order valence-corrected chi connectivity index (χ4v) is 6.38. The zero-order valence-electron chi connectivity index (χ0n) is 22.0. The van der Waals surface area contributed by atoms with E-state index in [9.17, 15) is 9.50 Å². The van der Waals surface area contributed by atoms with Gasteiger partial charge < -0.3 is 15.3 Å². The molecule has 0 amide bonds. The monoisotopic (exact) mass is 512 g/mol. The molecule has 0 spiro atoms. The van der Waals surface area contributed by atoms with Crippen LogP contribution in [0.15, 0.2) is 36.7 Å². The topological polar surface area (TPSA) is 79.1 Å². The van der Waals surface area contributed by atoms with Crippen LogP contribution in [-0.4, -0.2) is 43.1 Å². The molecule has 1 saturated carbocycles. The Bertz CT molecular complexity index is 1560. The van der Waals surface area contributed by atoms with E-state index in [4.69, 9.17) is 9.97 Å². The average molecular weight is 513 g/mol. The molecule has 4 aromatic rings. The molecule has 196 valence electrons. The van der Waals surface area contributed by atoms with Gasteiger partial charge in [-0.15, -0.1) is 0 Å². The highest BCUT2D eigenvalue weighted by molar-refractivity contribution is 5.79. The number of halogens is 1. The van der Waals surface area contributed by atoms with Gasteiger partial charge in [0.05, 0.1) is 11.1 Å². The molecule has 1 fully saturated rings. The smallest absolute Gasteiger partial charge is 0.229 e. The van der Waals surface area contributed by atoms with Gasteiger partial charge in [0, 0.05) is 31.2 Å². The van der Waals surface area contributed by atoms with Crippen molar-refractivity contribution >= 4 is 22.7 Å². The van der Waals surface area contributed by atoms with Crippen molar-refractivity contribution in [3.05, 3.63) is 70.4 Å². The van der Waals surface area contributed by atoms with Gasteiger partial charge in [-0.1, -0.05) is 19.4 Å². The maximum absolute atomic E-state index is 15.0. The molecule has 3 aliphatic rings. The van der Waals surface area contributed by atoms with E-state index in [1.165, 1.54) is 48.3 Å². The first-order valence-corrected chi connectivity index (χ1v) is 13.8. The molecule has 1 aliphatic heterocycles. The van der Waals surface area contributed by atoms with E-state index >= 15 is 0 Å². The largest absolute Gasteiger partial charge is 0.384 e. The molecule has 3 aromatic heterocycles. The van der Waals surface area contributed by atoms with Crippen LogP contribution in [-0.2, 0) is 25.0 Å². The zero-order chi connectivity index (χ0) is 26.0. The third kappa shape index (κ3) is 3.81. The summed E-state index contributed by atoms with van der Waals surface area (Å²) in [6, 6.07) is 8.35. The minimum atomic E-state index is -0.937. The van der Waals surface area contributed by atoms with Crippen LogP contribution in [0.2, 0.25) is 0 Å². The van der Waals surface area contributed by atoms with Crippen LogP contribution in [0, 0.1) is 5.82 Å². The minimum Gasteiger partial charge on any atom is -0.384 e. The minimum absolute atomic E-state index is 0.339. The van der Waals surface area contributed by atoms with Crippen molar-refractivity contribution in [2.45, 2.75) is 69.9 Å². The lowest BCUT2D eigenvalue weighted by Gasteiger charge is -2.33. The number of anilines is 2. The van der Waals surface area contributed by atoms with Crippen LogP contribution in [0.5, 0.6) is 0 Å². The first-order valence-electron chi connectivity index (χ1n) is 13.8. The lowest BCUT2D eigenvalue weighted by Crippen LogP contribution is -2.28. The molecule has 0 unspecified atom stereocenters. The van der Waals surface area contributed by atoms with Gasteiger partial charge in [0.2, 0.25) is 5.95 Å². The Kier molecular flexibility index (Phi) is 5.53. The Morgan fingerprint density at radius 3 is 2.82 bits per heavy atom. The number of hydrogen-bond donors (Lipinski definition) is 2. The van der Waals surface area contributed by atoms with Crippen molar-refractivity contribution < 1.29 is 9.50 Å². The number of aromatic nitrogens is 4. The van der Waals surface area contributed by atoms with Crippen molar-refractivity contribution in [2.24, 2.45) is 0 Å². The molecular weight excluding hydrogens is 479 g/mol. The molecule has 2 N–H and O–H groups in total. The SMILES string of the molecule is CC[C@]1(O)CCc2ccc(-n3cc(F)c4cnc(Nc5cc6c(c(C7CCC7)c5)CCN(C)C6)nc43)nc21. The zero-order valence-corrected chi connectivity index (χ0v) is 22.0. The van der Waals surface area contributed by atoms with Crippen LogP contribution in [0.4, 0.5) is 16.0 Å². The lowest BCUT2D eigenvalue weighted by atomic mass is 9.76. The summed E-state index contributed by atoms with van der Waals surface area (Å²) in [5.74, 6) is 1.20. The highest BCUT2D eigenvalue weighted by atomic mass is 19.1. The van der Waals surface area contributed by atoms with Crippen LogP contribution < -0.4 is 5.32 Å². The van der Waals surface area contributed by atoms with Crippen molar-refractivity contribution in [1.82, 2.24) is 24.4 Å². The number of benzene rings is 1. The van der Waals surface area contributed by atoms with E-state index in [0.29, 0.717) is 47.3 Å². The fourth-order valence-electron chi connectivity index (χ4n) is 6.38. The number of hydrogen-bond acceptors (Lipinski definition) is 6. The van der Waals surface area contributed by atoms with Gasteiger partial charge in [0.15, 0.2) is 11.5 Å². The number of nitrogens with one attached hydrogen (secondary N) is 1. The number of fused-ring (bicyclic) bond motifs is 3.